The first-order chi connectivity index (χ1) is 58.9. The number of furan rings is 2. The Morgan fingerprint density at radius 1 is 0.202 bits per heavy atom. The van der Waals surface area contributed by atoms with Crippen molar-refractivity contribution in [1.29, 1.82) is 0 Å². The van der Waals surface area contributed by atoms with Crippen LogP contribution >= 0.6 is 0 Å². The number of hydrogen-bond acceptors (Lipinski definition) is 4. The van der Waals surface area contributed by atoms with Gasteiger partial charge in [0.05, 0.1) is 27.8 Å². The maximum absolute atomic E-state index is 6.41. The summed E-state index contributed by atoms with van der Waals surface area (Å²) >= 11 is 0. The second-order valence-corrected chi connectivity index (χ2v) is 30.7. The van der Waals surface area contributed by atoms with Crippen LogP contribution in [0.4, 0.5) is 34.1 Å². The number of anilines is 6. The van der Waals surface area contributed by atoms with Crippen LogP contribution in [-0.4, -0.2) is 9.13 Å². The number of nitrogens with zero attached hydrogens (tertiary/aromatic N) is 4. The summed E-state index contributed by atoms with van der Waals surface area (Å²) in [5.74, 6) is 0. The highest BCUT2D eigenvalue weighted by atomic mass is 16.3. The largest absolute Gasteiger partial charge is 0.455 e. The third-order valence-electron chi connectivity index (χ3n) is 23.7. The van der Waals surface area contributed by atoms with E-state index in [9.17, 15) is 0 Å². The number of rotatable bonds is 14. The first kappa shape index (κ1) is 69.9. The van der Waals surface area contributed by atoms with E-state index in [-0.39, 0.29) is 0 Å². The molecule has 0 amide bonds. The quantitative estimate of drug-likeness (QED) is 0.109. The monoisotopic (exact) mass is 1520 g/mol. The van der Waals surface area contributed by atoms with E-state index in [1.54, 1.807) is 0 Å². The summed E-state index contributed by atoms with van der Waals surface area (Å²) in [5.41, 5.74) is 32.6. The van der Waals surface area contributed by atoms with Crippen molar-refractivity contribution in [1.82, 2.24) is 9.13 Å². The number of aryl methyl sites for hydroxylation is 1. The van der Waals surface area contributed by atoms with Gasteiger partial charge in [0, 0.05) is 99.4 Å². The molecule has 23 aromatic rings. The molecule has 0 N–H and O–H groups in total. The normalized spacial score (nSPS) is 11.6. The van der Waals surface area contributed by atoms with E-state index in [0.29, 0.717) is 0 Å². The van der Waals surface area contributed by atoms with E-state index in [4.69, 9.17) is 8.83 Å². The first-order valence-corrected chi connectivity index (χ1v) is 40.7. The van der Waals surface area contributed by atoms with E-state index in [2.05, 4.69) is 444 Å². The van der Waals surface area contributed by atoms with E-state index in [0.717, 1.165) is 100 Å². The van der Waals surface area contributed by atoms with Crippen LogP contribution in [0.25, 0.3) is 176 Å². The van der Waals surface area contributed by atoms with Crippen molar-refractivity contribution < 1.29 is 8.83 Å². The molecular formula is C113H76N4O2. The molecule has 0 aliphatic carbocycles. The van der Waals surface area contributed by atoms with Gasteiger partial charge in [-0.05, 0) is 207 Å². The van der Waals surface area contributed by atoms with Gasteiger partial charge in [-0.2, -0.15) is 0 Å². The molecule has 0 atom stereocenters. The molecule has 6 nitrogen and oxygen atoms in total. The fourth-order valence-corrected chi connectivity index (χ4v) is 17.8. The van der Waals surface area contributed by atoms with Gasteiger partial charge in [0.15, 0.2) is 0 Å². The zero-order chi connectivity index (χ0) is 78.9. The van der Waals surface area contributed by atoms with Crippen LogP contribution in [0.1, 0.15) is 5.56 Å². The number of hydrogen-bond donors (Lipinski definition) is 0. The van der Waals surface area contributed by atoms with Crippen LogP contribution < -0.4 is 9.80 Å². The van der Waals surface area contributed by atoms with Crippen molar-refractivity contribution in [2.75, 3.05) is 9.80 Å². The van der Waals surface area contributed by atoms with Crippen molar-refractivity contribution in [3.05, 3.63) is 448 Å². The number of benzene rings is 19. The van der Waals surface area contributed by atoms with E-state index < -0.39 is 0 Å². The van der Waals surface area contributed by atoms with Crippen molar-refractivity contribution >= 4 is 132 Å². The molecule has 6 heteroatoms. The Kier molecular flexibility index (Phi) is 17.4. The van der Waals surface area contributed by atoms with Crippen molar-refractivity contribution in [2.24, 2.45) is 0 Å². The van der Waals surface area contributed by atoms with Crippen LogP contribution in [0.2, 0.25) is 0 Å². The summed E-state index contributed by atoms with van der Waals surface area (Å²) in [6, 6.07) is 159. The van der Waals surface area contributed by atoms with Crippen LogP contribution in [-0.2, 0) is 0 Å². The van der Waals surface area contributed by atoms with Crippen LogP contribution in [0.3, 0.4) is 0 Å². The highest BCUT2D eigenvalue weighted by molar-refractivity contribution is 6.14. The molecule has 0 bridgehead atoms. The molecule has 0 radical (unpaired) electrons. The minimum atomic E-state index is 0.907. The predicted octanol–water partition coefficient (Wildman–Crippen LogP) is 31.8. The molecular weight excluding hydrogens is 1450 g/mol. The lowest BCUT2D eigenvalue weighted by Crippen LogP contribution is -2.10. The SMILES string of the molecule is Cc1ccc(N(c2ccc(-c3ccc(-c4ccc5c(c4)c4ccccc4n5-c4ccccc4)cc3)cc2)c2ccc(-c3cccc4c3oc3ccccc34)cc2)cc1.c1ccc(-n2c3ccccc3c3cc(-c4ccc(-c5ccc(N(c6ccc(-c7cccc8c7oc7ccccc78)cc6)c6cccc7ccccc67)cc5)cc4)ccc32)cc1. The molecule has 4 aromatic heterocycles. The highest BCUT2D eigenvalue weighted by Gasteiger charge is 2.22. The fraction of sp³-hybridized carbons (Fsp3) is 0.00885. The van der Waals surface area contributed by atoms with Crippen molar-refractivity contribution in [2.45, 2.75) is 6.92 Å². The summed E-state index contributed by atoms with van der Waals surface area (Å²) in [7, 11) is 0. The zero-order valence-electron chi connectivity index (χ0n) is 65.3. The van der Waals surface area contributed by atoms with Gasteiger partial charge in [-0.15, -0.1) is 0 Å². The Hall–Kier alpha value is -15.8. The van der Waals surface area contributed by atoms with E-state index in [1.165, 1.54) is 116 Å². The van der Waals surface area contributed by atoms with Gasteiger partial charge < -0.3 is 27.8 Å². The Morgan fingerprint density at radius 3 is 0.941 bits per heavy atom. The predicted molar refractivity (Wildman–Crippen MR) is 500 cm³/mol. The van der Waals surface area contributed by atoms with Crippen LogP contribution in [0.5, 0.6) is 0 Å². The first-order valence-electron chi connectivity index (χ1n) is 40.7. The molecule has 0 unspecified atom stereocenters. The van der Waals surface area contributed by atoms with Gasteiger partial charge in [0.1, 0.15) is 22.3 Å². The standard InChI is InChI=1S/C58H38N2O.C55H38N2O/c1-2-14-45(15-3-1)60-55-21-8-6-17-50(55)53-38-44(32-37-56(53)60)41-26-24-39(25-27-41)40-28-33-46(34-29-40)59(54-22-10-13-42-12-4-5-16-48(42)54)47-35-30-43(31-36-47)49-19-11-20-52-51-18-7-9-23-57(51)61-58(49)52;1-37-18-29-44(30-19-37)56(46-33-26-41(27-34-46)47-14-9-15-50-49-13-6-8-17-54(49)58-55(47)50)45-31-24-39(25-32-45)38-20-22-40(23-21-38)42-28-35-53-51(36-42)48-12-5-7-16-52(48)57(53)43-10-3-2-4-11-43/h1-38H;2-36H,1H3. The molecule has 19 aromatic carbocycles. The third kappa shape index (κ3) is 12.6. The number of aromatic nitrogens is 2. The summed E-state index contributed by atoms with van der Waals surface area (Å²) in [6.45, 7) is 2.13. The van der Waals surface area contributed by atoms with Gasteiger partial charge in [-0.25, -0.2) is 0 Å². The molecule has 560 valence electrons. The Balaban J connectivity index is 0.000000143. The third-order valence-corrected chi connectivity index (χ3v) is 23.7. The molecule has 0 aliphatic heterocycles. The average molecular weight is 1520 g/mol. The van der Waals surface area contributed by atoms with Gasteiger partial charge >= 0.3 is 0 Å². The Morgan fingerprint density at radius 2 is 0.504 bits per heavy atom. The highest BCUT2D eigenvalue weighted by Crippen LogP contribution is 2.46. The zero-order valence-corrected chi connectivity index (χ0v) is 65.3. The van der Waals surface area contributed by atoms with Crippen molar-refractivity contribution in [3.8, 4) is 78.1 Å². The van der Waals surface area contributed by atoms with E-state index in [1.807, 2.05) is 24.3 Å². The smallest absolute Gasteiger partial charge is 0.143 e. The maximum Gasteiger partial charge on any atom is 0.143 e. The van der Waals surface area contributed by atoms with Crippen molar-refractivity contribution in [3.63, 3.8) is 0 Å². The molecule has 119 heavy (non-hydrogen) atoms. The lowest BCUT2D eigenvalue weighted by atomic mass is 9.98. The maximum atomic E-state index is 6.41. The van der Waals surface area contributed by atoms with Gasteiger partial charge in [-0.1, -0.05) is 309 Å². The number of fused-ring (bicyclic) bond motifs is 13. The molecule has 4 heterocycles. The lowest BCUT2D eigenvalue weighted by Gasteiger charge is -2.27. The van der Waals surface area contributed by atoms with Gasteiger partial charge in [-0.3, -0.25) is 0 Å². The molecule has 0 saturated carbocycles. The van der Waals surface area contributed by atoms with Gasteiger partial charge in [0.2, 0.25) is 0 Å². The molecule has 0 aliphatic rings. The molecule has 23 rings (SSSR count). The van der Waals surface area contributed by atoms with Gasteiger partial charge in [0.25, 0.3) is 0 Å². The molecule has 0 saturated heterocycles. The second-order valence-electron chi connectivity index (χ2n) is 30.7. The summed E-state index contributed by atoms with van der Waals surface area (Å²) < 4.78 is 17.5. The number of para-hydroxylation sites is 8. The minimum Gasteiger partial charge on any atom is -0.455 e. The average Bonchev–Trinajstić information content (AvgIpc) is 1.61. The summed E-state index contributed by atoms with van der Waals surface area (Å²) in [6.07, 6.45) is 0. The molecule has 0 spiro atoms. The minimum absolute atomic E-state index is 0.907. The summed E-state index contributed by atoms with van der Waals surface area (Å²) in [5, 5.41) is 12.0. The topological polar surface area (TPSA) is 42.6 Å². The molecule has 0 fully saturated rings. The second kappa shape index (κ2) is 29.6. The van der Waals surface area contributed by atoms with E-state index >= 15 is 0 Å². The lowest BCUT2D eigenvalue weighted by molar-refractivity contribution is 0.669. The summed E-state index contributed by atoms with van der Waals surface area (Å²) in [4.78, 5) is 4.69. The Bertz CT molecular complexity index is 7730. The van der Waals surface area contributed by atoms with Crippen LogP contribution in [0.15, 0.2) is 452 Å². The van der Waals surface area contributed by atoms with Crippen LogP contribution in [0, 0.1) is 6.92 Å². The fourth-order valence-electron chi connectivity index (χ4n) is 17.8. The Labute approximate surface area is 689 Å².